The van der Waals surface area contributed by atoms with Gasteiger partial charge in [0.15, 0.2) is 0 Å². The van der Waals surface area contributed by atoms with Crippen LogP contribution >= 0.6 is 0 Å². The second-order valence-electron chi connectivity index (χ2n) is 10.6. The van der Waals surface area contributed by atoms with Crippen molar-refractivity contribution in [2.24, 2.45) is 10.7 Å². The van der Waals surface area contributed by atoms with Crippen molar-refractivity contribution < 1.29 is 13.2 Å². The van der Waals surface area contributed by atoms with Gasteiger partial charge < -0.3 is 15.4 Å². The molecule has 2 heterocycles. The summed E-state index contributed by atoms with van der Waals surface area (Å²) in [7, 11) is -1.75. The molecular formula is C33H43N5O3S. The number of nitrogens with one attached hydrogen (secondary N) is 1. The van der Waals surface area contributed by atoms with Crippen LogP contribution in [0, 0.1) is 5.41 Å². The second kappa shape index (κ2) is 13.4. The van der Waals surface area contributed by atoms with Crippen molar-refractivity contribution >= 4 is 27.4 Å². The van der Waals surface area contributed by atoms with Crippen molar-refractivity contribution in [2.45, 2.75) is 64.9 Å². The fourth-order valence-electron chi connectivity index (χ4n) is 5.48. The Morgan fingerprint density at radius 1 is 1.02 bits per heavy atom. The van der Waals surface area contributed by atoms with Crippen LogP contribution in [0.2, 0.25) is 0 Å². The number of rotatable bonds is 6. The van der Waals surface area contributed by atoms with Crippen molar-refractivity contribution in [2.75, 3.05) is 24.4 Å². The third-order valence-corrected chi connectivity index (χ3v) is 10.1. The molecule has 3 aromatic rings. The lowest BCUT2D eigenvalue weighted by molar-refractivity contribution is 0.131. The second-order valence-corrected chi connectivity index (χ2v) is 12.9. The number of hydrogen-bond donors (Lipinski definition) is 2. The normalized spacial score (nSPS) is 18.5. The van der Waals surface area contributed by atoms with Crippen molar-refractivity contribution in [1.82, 2.24) is 4.90 Å². The molecule has 224 valence electrons. The maximum atomic E-state index is 13.6. The minimum atomic E-state index is -3.57. The molecule has 2 aliphatic rings. The van der Waals surface area contributed by atoms with Gasteiger partial charge in [-0.15, -0.1) is 0 Å². The predicted molar refractivity (Wildman–Crippen MR) is 173 cm³/mol. The molecule has 1 atom stereocenters. The van der Waals surface area contributed by atoms with Gasteiger partial charge in [-0.05, 0) is 60.7 Å². The number of piperidine rings is 1. The van der Waals surface area contributed by atoms with Gasteiger partial charge in [0.25, 0.3) is 0 Å². The van der Waals surface area contributed by atoms with E-state index in [9.17, 15) is 8.42 Å². The van der Waals surface area contributed by atoms with Gasteiger partial charge in [0.1, 0.15) is 17.7 Å². The molecule has 0 aromatic heterocycles. The Morgan fingerprint density at radius 2 is 1.69 bits per heavy atom. The summed E-state index contributed by atoms with van der Waals surface area (Å²) < 4.78 is 35.1. The minimum absolute atomic E-state index is 0.0107. The third kappa shape index (κ3) is 6.78. The topological polar surface area (TPSA) is 112 Å². The van der Waals surface area contributed by atoms with Gasteiger partial charge in [-0.2, -0.15) is 0 Å². The Kier molecular flexibility index (Phi) is 9.93. The highest BCUT2D eigenvalue weighted by molar-refractivity contribution is 7.93. The molecule has 0 aliphatic carbocycles. The van der Waals surface area contributed by atoms with Gasteiger partial charge in [0.05, 0.1) is 23.3 Å². The van der Waals surface area contributed by atoms with E-state index in [4.69, 9.17) is 15.9 Å². The molecule has 0 saturated carbocycles. The number of anilines is 1. The molecule has 8 nitrogen and oxygen atoms in total. The monoisotopic (exact) mass is 589 g/mol. The Bertz CT molecular complexity index is 1540. The summed E-state index contributed by atoms with van der Waals surface area (Å²) in [6, 6.07) is 21.2. The van der Waals surface area contributed by atoms with E-state index < -0.39 is 15.3 Å². The van der Waals surface area contributed by atoms with Crippen molar-refractivity contribution in [3.8, 4) is 16.9 Å². The molecule has 0 spiro atoms. The largest absolute Gasteiger partial charge is 0.490 e. The number of fused-ring (bicyclic) bond motifs is 1. The maximum absolute atomic E-state index is 13.6. The van der Waals surface area contributed by atoms with Crippen LogP contribution in [-0.2, 0) is 23.0 Å². The van der Waals surface area contributed by atoms with Crippen LogP contribution in [0.25, 0.3) is 11.1 Å². The molecule has 9 heteroatoms. The van der Waals surface area contributed by atoms with E-state index in [2.05, 4.69) is 9.89 Å². The summed E-state index contributed by atoms with van der Waals surface area (Å²) >= 11 is 0. The molecule has 3 aromatic carbocycles. The van der Waals surface area contributed by atoms with E-state index in [1.807, 2.05) is 88.5 Å². The number of amidine groups is 2. The lowest BCUT2D eigenvalue weighted by Crippen LogP contribution is -2.42. The molecule has 1 fully saturated rings. The molecule has 42 heavy (non-hydrogen) atoms. The molecule has 5 rings (SSSR count). The molecule has 0 radical (unpaired) electrons. The highest BCUT2D eigenvalue weighted by Gasteiger charge is 2.36. The van der Waals surface area contributed by atoms with Gasteiger partial charge in [0, 0.05) is 44.6 Å². The van der Waals surface area contributed by atoms with E-state index in [-0.39, 0.29) is 18.5 Å². The number of ether oxygens (including phenoxy) is 1. The Morgan fingerprint density at radius 3 is 2.36 bits per heavy atom. The number of hydrogen-bond acceptors (Lipinski definition) is 5. The molecule has 2 aliphatic heterocycles. The van der Waals surface area contributed by atoms with Gasteiger partial charge in [0.2, 0.25) is 10.0 Å². The summed E-state index contributed by atoms with van der Waals surface area (Å²) in [6.45, 7) is 9.80. The number of aliphatic imine (C=N–C) groups is 1. The highest BCUT2D eigenvalue weighted by atomic mass is 32.2. The highest BCUT2D eigenvalue weighted by Crippen LogP contribution is 2.37. The number of benzene rings is 3. The van der Waals surface area contributed by atoms with E-state index >= 15 is 0 Å². The van der Waals surface area contributed by atoms with Crippen molar-refractivity contribution in [3.05, 3.63) is 83.4 Å². The Hall–Kier alpha value is -3.85. The minimum Gasteiger partial charge on any atom is -0.490 e. The summed E-state index contributed by atoms with van der Waals surface area (Å²) in [5.41, 5.74) is 10.8. The van der Waals surface area contributed by atoms with Crippen LogP contribution in [0.5, 0.6) is 5.75 Å². The van der Waals surface area contributed by atoms with Crippen molar-refractivity contribution in [3.63, 3.8) is 0 Å². The molecule has 3 N–H and O–H groups in total. The summed E-state index contributed by atoms with van der Waals surface area (Å²) in [5.74, 6) is 1.75. The third-order valence-electron chi connectivity index (χ3n) is 7.93. The molecule has 1 unspecified atom stereocenters. The van der Waals surface area contributed by atoms with Crippen LogP contribution in [0.15, 0.2) is 71.7 Å². The summed E-state index contributed by atoms with van der Waals surface area (Å²) in [4.78, 5) is 6.56. The van der Waals surface area contributed by atoms with Crippen LogP contribution < -0.4 is 14.8 Å². The number of nitrogen functional groups attached to an aromatic ring is 1. The molecular weight excluding hydrogens is 546 g/mol. The average molecular weight is 590 g/mol. The first-order chi connectivity index (χ1) is 20.2. The number of nitrogens with zero attached hydrogens (tertiary/aromatic N) is 3. The zero-order valence-corrected chi connectivity index (χ0v) is 26.1. The molecule has 0 bridgehead atoms. The predicted octanol–water partition coefficient (Wildman–Crippen LogP) is 5.84. The number of nitrogens with two attached hydrogens (primary N) is 1. The standard InChI is InChI=1S/C31H37N5O3S.C2H6/c1-21-16-26-10-11-29(39-28-12-14-35(15-13-28)22(2)34-3)19-30(26)36(40(21,37)38)20-23-6-4-7-24(17-23)25-8-5-9-27(18-25)31(32)33;1-2/h4-11,17-19,21,28H,12-16,20H2,1-3H3,(H3,32,33);1-2H3. The van der Waals surface area contributed by atoms with Gasteiger partial charge in [-0.25, -0.2) is 8.42 Å². The lowest BCUT2D eigenvalue weighted by atomic mass is 10.0. The maximum Gasteiger partial charge on any atom is 0.238 e. The van der Waals surface area contributed by atoms with Gasteiger partial charge >= 0.3 is 0 Å². The van der Waals surface area contributed by atoms with E-state index in [1.54, 1.807) is 13.0 Å². The fraction of sp³-hybridized carbons (Fsp3) is 0.394. The lowest BCUT2D eigenvalue weighted by Gasteiger charge is -2.36. The quantitative estimate of drug-likeness (QED) is 0.277. The first-order valence-electron chi connectivity index (χ1n) is 14.7. The summed E-state index contributed by atoms with van der Waals surface area (Å²) in [6.07, 6.45) is 2.33. The zero-order valence-electron chi connectivity index (χ0n) is 25.3. The van der Waals surface area contributed by atoms with Crippen LogP contribution in [-0.4, -0.2) is 56.5 Å². The number of likely N-dealkylation sites (tertiary alicyclic amines) is 1. The number of sulfonamides is 1. The fourth-order valence-corrected chi connectivity index (χ4v) is 7.08. The molecule has 0 amide bonds. The van der Waals surface area contributed by atoms with Crippen LogP contribution in [0.3, 0.4) is 0 Å². The van der Waals surface area contributed by atoms with Gasteiger partial charge in [-0.1, -0.05) is 56.3 Å². The van der Waals surface area contributed by atoms with E-state index in [0.29, 0.717) is 23.4 Å². The summed E-state index contributed by atoms with van der Waals surface area (Å²) in [5, 5.41) is 7.24. The average Bonchev–Trinajstić information content (AvgIpc) is 3.01. The Labute approximate surface area is 250 Å². The van der Waals surface area contributed by atoms with Crippen molar-refractivity contribution in [1.29, 1.82) is 5.41 Å². The van der Waals surface area contributed by atoms with Crippen LogP contribution in [0.1, 0.15) is 57.2 Å². The van der Waals surface area contributed by atoms with Gasteiger partial charge in [-0.3, -0.25) is 14.7 Å². The first kappa shape index (κ1) is 31.1. The Balaban J connectivity index is 0.00000198. The molecule has 1 saturated heterocycles. The first-order valence-corrected chi connectivity index (χ1v) is 16.2. The van der Waals surface area contributed by atoms with Crippen LogP contribution in [0.4, 0.5) is 5.69 Å². The zero-order chi connectivity index (χ0) is 30.4. The SMILES string of the molecule is CC.CN=C(C)N1CCC(Oc2ccc3c(c2)N(Cc2cccc(-c4cccc(C(=N)N)c4)c2)S(=O)(=O)C(C)C3)CC1. The smallest absolute Gasteiger partial charge is 0.238 e. The van der Waals surface area contributed by atoms with E-state index in [1.165, 1.54) is 4.31 Å². The van der Waals surface area contributed by atoms with E-state index in [0.717, 1.165) is 54.0 Å².